The smallest absolute Gasteiger partial charge is 0.223 e. The molecule has 0 aliphatic heterocycles. The highest BCUT2D eigenvalue weighted by Crippen LogP contribution is 2.28. The number of amides is 2. The van der Waals surface area contributed by atoms with Crippen LogP contribution in [0.15, 0.2) is 30.3 Å². The zero-order chi connectivity index (χ0) is 16.8. The van der Waals surface area contributed by atoms with Gasteiger partial charge in [0.15, 0.2) is 0 Å². The second-order valence-electron chi connectivity index (χ2n) is 6.74. The molecule has 2 fully saturated rings. The van der Waals surface area contributed by atoms with Crippen molar-refractivity contribution in [2.75, 3.05) is 6.54 Å². The van der Waals surface area contributed by atoms with Gasteiger partial charge >= 0.3 is 0 Å². The van der Waals surface area contributed by atoms with Crippen LogP contribution in [0.25, 0.3) is 0 Å². The summed E-state index contributed by atoms with van der Waals surface area (Å²) in [6, 6.07) is 9.84. The Labute approximate surface area is 143 Å². The fourth-order valence-electron chi connectivity index (χ4n) is 3.14. The number of nitrogens with one attached hydrogen (secondary N) is 2. The summed E-state index contributed by atoms with van der Waals surface area (Å²) in [6.07, 6.45) is 6.19. The van der Waals surface area contributed by atoms with Gasteiger partial charge in [0.2, 0.25) is 11.8 Å². The monoisotopic (exact) mass is 330 g/mol. The zero-order valence-corrected chi connectivity index (χ0v) is 14.0. The second-order valence-corrected chi connectivity index (χ2v) is 6.74. The van der Waals surface area contributed by atoms with Crippen molar-refractivity contribution in [1.82, 2.24) is 10.6 Å². The number of carbonyl (C=O) groups is 2. The molecule has 0 bridgehead atoms. The van der Waals surface area contributed by atoms with E-state index in [1.807, 2.05) is 30.3 Å². The Morgan fingerprint density at radius 2 is 1.88 bits per heavy atom. The first-order valence-electron chi connectivity index (χ1n) is 9.01. The average Bonchev–Trinajstić information content (AvgIpc) is 3.36. The third-order valence-corrected chi connectivity index (χ3v) is 4.66. The fourth-order valence-corrected chi connectivity index (χ4v) is 3.14. The summed E-state index contributed by atoms with van der Waals surface area (Å²) in [4.78, 5) is 23.6. The molecule has 24 heavy (non-hydrogen) atoms. The molecule has 0 saturated heterocycles. The highest BCUT2D eigenvalue weighted by molar-refractivity contribution is 5.81. The van der Waals surface area contributed by atoms with Crippen LogP contribution < -0.4 is 15.4 Å². The van der Waals surface area contributed by atoms with Crippen LogP contribution in [0.5, 0.6) is 5.75 Å². The van der Waals surface area contributed by atoms with E-state index in [1.54, 1.807) is 0 Å². The predicted molar refractivity (Wildman–Crippen MR) is 91.6 cm³/mol. The lowest BCUT2D eigenvalue weighted by molar-refractivity contribution is -0.124. The summed E-state index contributed by atoms with van der Waals surface area (Å²) in [5.41, 5.74) is 0. The van der Waals surface area contributed by atoms with Crippen molar-refractivity contribution in [1.29, 1.82) is 0 Å². The van der Waals surface area contributed by atoms with E-state index in [2.05, 4.69) is 10.6 Å². The molecule has 2 amide bonds. The third kappa shape index (κ3) is 4.98. The topological polar surface area (TPSA) is 67.4 Å². The normalized spacial score (nSPS) is 22.8. The number of ether oxygens (including phenoxy) is 1. The van der Waals surface area contributed by atoms with E-state index in [1.165, 1.54) is 0 Å². The van der Waals surface area contributed by atoms with Gasteiger partial charge in [-0.2, -0.15) is 0 Å². The molecule has 0 unspecified atom stereocenters. The summed E-state index contributed by atoms with van der Waals surface area (Å²) in [7, 11) is 0. The molecule has 1 aromatic carbocycles. The Kier molecular flexibility index (Phi) is 5.72. The van der Waals surface area contributed by atoms with Crippen LogP contribution in [-0.4, -0.2) is 30.5 Å². The van der Waals surface area contributed by atoms with Gasteiger partial charge in [0.05, 0.1) is 6.04 Å². The molecule has 130 valence electrons. The first-order chi connectivity index (χ1) is 11.7. The van der Waals surface area contributed by atoms with E-state index < -0.39 is 0 Å². The molecule has 2 N–H and O–H groups in total. The Morgan fingerprint density at radius 3 is 2.62 bits per heavy atom. The Bertz CT molecular complexity index is 557. The zero-order valence-electron chi connectivity index (χ0n) is 14.0. The van der Waals surface area contributed by atoms with E-state index in [0.717, 1.165) is 37.9 Å². The lowest BCUT2D eigenvalue weighted by Gasteiger charge is -2.22. The van der Waals surface area contributed by atoms with Crippen LogP contribution in [0.3, 0.4) is 0 Å². The summed E-state index contributed by atoms with van der Waals surface area (Å²) < 4.78 is 6.01. The van der Waals surface area contributed by atoms with Gasteiger partial charge in [-0.3, -0.25) is 9.59 Å². The van der Waals surface area contributed by atoms with Crippen molar-refractivity contribution >= 4 is 11.8 Å². The van der Waals surface area contributed by atoms with E-state index in [-0.39, 0.29) is 29.9 Å². The van der Waals surface area contributed by atoms with E-state index in [9.17, 15) is 9.59 Å². The van der Waals surface area contributed by atoms with E-state index >= 15 is 0 Å². The van der Waals surface area contributed by atoms with Crippen molar-refractivity contribution in [3.05, 3.63) is 30.3 Å². The van der Waals surface area contributed by atoms with Crippen LogP contribution in [0, 0.1) is 5.92 Å². The number of hydrogen-bond donors (Lipinski definition) is 2. The molecule has 0 aromatic heterocycles. The third-order valence-electron chi connectivity index (χ3n) is 4.66. The SMILES string of the molecule is O=C(CCCNC(=O)C1CC1)N[C@@H]1CCC[C@H]1Oc1ccccc1. The molecule has 0 spiro atoms. The van der Waals surface area contributed by atoms with Crippen LogP contribution >= 0.6 is 0 Å². The molecule has 3 rings (SSSR count). The number of benzene rings is 1. The number of carbonyl (C=O) groups excluding carboxylic acids is 2. The minimum Gasteiger partial charge on any atom is -0.488 e. The van der Waals surface area contributed by atoms with Crippen LogP contribution in [0.1, 0.15) is 44.9 Å². The molecular weight excluding hydrogens is 304 g/mol. The van der Waals surface area contributed by atoms with Gasteiger partial charge in [-0.25, -0.2) is 0 Å². The maximum Gasteiger partial charge on any atom is 0.223 e. The maximum absolute atomic E-state index is 12.1. The van der Waals surface area contributed by atoms with Gasteiger partial charge in [0, 0.05) is 18.9 Å². The fraction of sp³-hybridized carbons (Fsp3) is 0.579. The van der Waals surface area contributed by atoms with E-state index in [0.29, 0.717) is 19.4 Å². The number of para-hydroxylation sites is 1. The molecule has 2 aliphatic carbocycles. The maximum atomic E-state index is 12.1. The minimum absolute atomic E-state index is 0.0456. The Balaban J connectivity index is 1.36. The molecular formula is C19H26N2O3. The lowest BCUT2D eigenvalue weighted by Crippen LogP contribution is -2.42. The average molecular weight is 330 g/mol. The van der Waals surface area contributed by atoms with Gasteiger partial charge < -0.3 is 15.4 Å². The van der Waals surface area contributed by atoms with Gasteiger partial charge in [-0.15, -0.1) is 0 Å². The van der Waals surface area contributed by atoms with Crippen LogP contribution in [0.4, 0.5) is 0 Å². The van der Waals surface area contributed by atoms with Gasteiger partial charge in [0.1, 0.15) is 11.9 Å². The highest BCUT2D eigenvalue weighted by atomic mass is 16.5. The van der Waals surface area contributed by atoms with Crippen molar-refractivity contribution in [2.45, 2.75) is 57.1 Å². The van der Waals surface area contributed by atoms with Crippen LogP contribution in [0.2, 0.25) is 0 Å². The predicted octanol–water partition coefficient (Wildman–Crippen LogP) is 2.41. The van der Waals surface area contributed by atoms with Crippen molar-refractivity contribution in [3.63, 3.8) is 0 Å². The molecule has 1 aromatic rings. The van der Waals surface area contributed by atoms with Crippen molar-refractivity contribution in [2.24, 2.45) is 5.92 Å². The number of hydrogen-bond acceptors (Lipinski definition) is 3. The summed E-state index contributed by atoms with van der Waals surface area (Å²) in [5.74, 6) is 1.27. The molecule has 5 nitrogen and oxygen atoms in total. The van der Waals surface area contributed by atoms with Crippen LogP contribution in [-0.2, 0) is 9.59 Å². The Morgan fingerprint density at radius 1 is 1.08 bits per heavy atom. The minimum atomic E-state index is 0.0456. The standard InChI is InChI=1S/C19H26N2O3/c22-18(10-5-13-20-19(23)14-11-12-14)21-16-8-4-9-17(16)24-15-6-2-1-3-7-15/h1-3,6-7,14,16-17H,4-5,8-13H2,(H,20,23)(H,21,22)/t16-,17-/m1/s1. The molecule has 2 aliphatic rings. The van der Waals surface area contributed by atoms with Gasteiger partial charge in [-0.05, 0) is 50.7 Å². The first-order valence-corrected chi connectivity index (χ1v) is 9.01. The highest BCUT2D eigenvalue weighted by Gasteiger charge is 2.30. The quantitative estimate of drug-likeness (QED) is 0.719. The molecule has 5 heteroatoms. The second kappa shape index (κ2) is 8.18. The molecule has 0 heterocycles. The summed E-state index contributed by atoms with van der Waals surface area (Å²) in [6.45, 7) is 0.581. The number of rotatable bonds is 8. The van der Waals surface area contributed by atoms with Gasteiger partial charge in [0.25, 0.3) is 0 Å². The largest absolute Gasteiger partial charge is 0.488 e. The molecule has 0 radical (unpaired) electrons. The molecule has 2 saturated carbocycles. The van der Waals surface area contributed by atoms with Crippen molar-refractivity contribution < 1.29 is 14.3 Å². The lowest BCUT2D eigenvalue weighted by atomic mass is 10.2. The Hall–Kier alpha value is -2.04. The molecule has 2 atom stereocenters. The summed E-state index contributed by atoms with van der Waals surface area (Å²) in [5, 5.41) is 5.99. The van der Waals surface area contributed by atoms with Gasteiger partial charge in [-0.1, -0.05) is 18.2 Å². The first kappa shape index (κ1) is 16.8. The summed E-state index contributed by atoms with van der Waals surface area (Å²) >= 11 is 0. The van der Waals surface area contributed by atoms with E-state index in [4.69, 9.17) is 4.74 Å². The van der Waals surface area contributed by atoms with Crippen molar-refractivity contribution in [3.8, 4) is 5.75 Å².